The molecule has 94 valence electrons. The van der Waals surface area contributed by atoms with Gasteiger partial charge in [0.05, 0.1) is 18.3 Å². The minimum absolute atomic E-state index is 0.251. The molecule has 1 aromatic heterocycles. The fourth-order valence-corrected chi connectivity index (χ4v) is 4.17. The number of hydrogen-bond acceptors (Lipinski definition) is 3. The van der Waals surface area contributed by atoms with E-state index >= 15 is 0 Å². The molecule has 1 N–H and O–H groups in total. The number of aliphatic hydroxyl groups excluding tert-OH is 1. The molecule has 17 heavy (non-hydrogen) atoms. The third-order valence-electron chi connectivity index (χ3n) is 3.88. The van der Waals surface area contributed by atoms with Crippen molar-refractivity contribution in [3.05, 3.63) is 17.7 Å². The van der Waals surface area contributed by atoms with Gasteiger partial charge in [0.25, 0.3) is 0 Å². The number of imidazole rings is 1. The number of aryl methyl sites for hydroxylation is 1. The number of hydrogen-bond donors (Lipinski definition) is 1. The third-order valence-corrected chi connectivity index (χ3v) is 5.28. The van der Waals surface area contributed by atoms with Crippen molar-refractivity contribution in [1.29, 1.82) is 0 Å². The lowest BCUT2D eigenvalue weighted by atomic mass is 10.1. The van der Waals surface area contributed by atoms with Crippen LogP contribution in [0, 0.1) is 0 Å². The van der Waals surface area contributed by atoms with Gasteiger partial charge in [0, 0.05) is 17.9 Å². The second-order valence-electron chi connectivity index (χ2n) is 5.07. The Morgan fingerprint density at radius 2 is 2.29 bits per heavy atom. The molecule has 0 aromatic carbocycles. The average molecular weight is 252 g/mol. The van der Waals surface area contributed by atoms with Gasteiger partial charge < -0.3 is 9.67 Å². The second-order valence-corrected chi connectivity index (χ2v) is 6.38. The smallest absolute Gasteiger partial charge is 0.109 e. The van der Waals surface area contributed by atoms with Crippen LogP contribution in [0.5, 0.6) is 0 Å². The minimum Gasteiger partial charge on any atom is -0.394 e. The summed E-state index contributed by atoms with van der Waals surface area (Å²) in [6.07, 6.45) is 9.51. The highest BCUT2D eigenvalue weighted by Gasteiger charge is 2.25. The molecular weight excluding hydrogens is 232 g/mol. The molecule has 3 nitrogen and oxygen atoms in total. The minimum atomic E-state index is 0.251. The summed E-state index contributed by atoms with van der Waals surface area (Å²) in [5.74, 6) is 2.47. The van der Waals surface area contributed by atoms with Crippen LogP contribution in [0.1, 0.15) is 54.9 Å². The van der Waals surface area contributed by atoms with Gasteiger partial charge in [-0.3, -0.25) is 0 Å². The van der Waals surface area contributed by atoms with E-state index in [-0.39, 0.29) is 12.6 Å². The number of aromatic nitrogens is 2. The molecule has 0 bridgehead atoms. The molecule has 1 fully saturated rings. The van der Waals surface area contributed by atoms with Crippen LogP contribution >= 0.6 is 11.8 Å². The Morgan fingerprint density at radius 1 is 1.35 bits per heavy atom. The van der Waals surface area contributed by atoms with Gasteiger partial charge in [0.15, 0.2) is 0 Å². The first kappa shape index (κ1) is 11.6. The maximum atomic E-state index is 9.40. The third kappa shape index (κ3) is 2.25. The largest absolute Gasteiger partial charge is 0.394 e. The molecular formula is C13H20N2OS. The van der Waals surface area contributed by atoms with Crippen molar-refractivity contribution in [3.8, 4) is 0 Å². The number of nitrogens with zero attached hydrogens (tertiary/aromatic N) is 2. The molecule has 2 aliphatic rings. The van der Waals surface area contributed by atoms with E-state index in [1.54, 1.807) is 0 Å². The fraction of sp³-hybridized carbons (Fsp3) is 0.769. The number of fused-ring (bicyclic) bond motifs is 1. The van der Waals surface area contributed by atoms with Crippen LogP contribution in [0.4, 0.5) is 0 Å². The summed E-state index contributed by atoms with van der Waals surface area (Å²) >= 11 is 2.05. The molecule has 2 aliphatic heterocycles. The summed E-state index contributed by atoms with van der Waals surface area (Å²) in [6, 6.07) is 0.272. The van der Waals surface area contributed by atoms with Gasteiger partial charge in [0.1, 0.15) is 5.82 Å². The quantitative estimate of drug-likeness (QED) is 0.879. The summed E-state index contributed by atoms with van der Waals surface area (Å²) in [7, 11) is 0. The molecule has 0 aliphatic carbocycles. The van der Waals surface area contributed by atoms with Gasteiger partial charge >= 0.3 is 0 Å². The van der Waals surface area contributed by atoms with Crippen LogP contribution in [-0.4, -0.2) is 27.0 Å². The zero-order valence-corrected chi connectivity index (χ0v) is 11.0. The lowest BCUT2D eigenvalue weighted by Crippen LogP contribution is -2.20. The normalized spacial score (nSPS) is 29.0. The molecule has 0 spiro atoms. The molecule has 0 saturated carbocycles. The van der Waals surface area contributed by atoms with Crippen LogP contribution in [0.3, 0.4) is 0 Å². The molecule has 0 amide bonds. The molecule has 2 unspecified atom stereocenters. The van der Waals surface area contributed by atoms with E-state index in [1.165, 1.54) is 43.0 Å². The highest BCUT2D eigenvalue weighted by atomic mass is 32.2. The molecule has 3 rings (SSSR count). The highest BCUT2D eigenvalue weighted by Crippen LogP contribution is 2.38. The van der Waals surface area contributed by atoms with Gasteiger partial charge in [-0.1, -0.05) is 6.42 Å². The van der Waals surface area contributed by atoms with Gasteiger partial charge in [-0.2, -0.15) is 11.8 Å². The van der Waals surface area contributed by atoms with Crippen LogP contribution in [-0.2, 0) is 6.42 Å². The van der Waals surface area contributed by atoms with Crippen LogP contribution in [0.2, 0.25) is 0 Å². The molecule has 1 aromatic rings. The van der Waals surface area contributed by atoms with E-state index in [1.807, 2.05) is 0 Å². The predicted octanol–water partition coefficient (Wildman–Crippen LogP) is 2.71. The monoisotopic (exact) mass is 252 g/mol. The van der Waals surface area contributed by atoms with Gasteiger partial charge in [-0.05, 0) is 31.4 Å². The van der Waals surface area contributed by atoms with Gasteiger partial charge in [-0.15, -0.1) is 0 Å². The van der Waals surface area contributed by atoms with Crippen molar-refractivity contribution in [3.63, 3.8) is 0 Å². The number of aliphatic hydroxyl groups is 1. The standard InChI is InChI=1S/C13H20N2OS/c16-9-10-4-3-6-13-14-11(8-15(10)13)12-5-1-2-7-17-12/h8,10,12,16H,1-7,9H2. The Labute approximate surface area is 107 Å². The summed E-state index contributed by atoms with van der Waals surface area (Å²) in [6.45, 7) is 0.251. The molecule has 0 radical (unpaired) electrons. The molecule has 4 heteroatoms. The van der Waals surface area contributed by atoms with E-state index < -0.39 is 0 Å². The lowest BCUT2D eigenvalue weighted by molar-refractivity contribution is 0.206. The van der Waals surface area contributed by atoms with Crippen molar-refractivity contribution in [2.45, 2.75) is 49.8 Å². The summed E-state index contributed by atoms with van der Waals surface area (Å²) in [4.78, 5) is 4.80. The maximum Gasteiger partial charge on any atom is 0.109 e. The average Bonchev–Trinajstić information content (AvgIpc) is 2.83. The van der Waals surface area contributed by atoms with Crippen molar-refractivity contribution in [2.24, 2.45) is 0 Å². The Hall–Kier alpha value is -0.480. The first-order valence-electron chi connectivity index (χ1n) is 6.68. The van der Waals surface area contributed by atoms with Crippen molar-refractivity contribution in [2.75, 3.05) is 12.4 Å². The second kappa shape index (κ2) is 5.02. The Morgan fingerprint density at radius 3 is 3.06 bits per heavy atom. The predicted molar refractivity (Wildman–Crippen MR) is 70.3 cm³/mol. The van der Waals surface area contributed by atoms with E-state index in [4.69, 9.17) is 4.98 Å². The first-order chi connectivity index (χ1) is 8.38. The summed E-state index contributed by atoms with van der Waals surface area (Å²) in [5, 5.41) is 10.0. The summed E-state index contributed by atoms with van der Waals surface area (Å²) in [5.41, 5.74) is 1.25. The van der Waals surface area contributed by atoms with Crippen molar-refractivity contribution >= 4 is 11.8 Å². The maximum absolute atomic E-state index is 9.40. The lowest BCUT2D eigenvalue weighted by Gasteiger charge is -2.22. The van der Waals surface area contributed by atoms with E-state index in [2.05, 4.69) is 22.5 Å². The molecule has 1 saturated heterocycles. The van der Waals surface area contributed by atoms with Gasteiger partial charge in [0.2, 0.25) is 0 Å². The molecule has 2 atom stereocenters. The van der Waals surface area contributed by atoms with E-state index in [0.717, 1.165) is 12.8 Å². The van der Waals surface area contributed by atoms with Gasteiger partial charge in [-0.25, -0.2) is 4.98 Å². The van der Waals surface area contributed by atoms with Crippen LogP contribution < -0.4 is 0 Å². The van der Waals surface area contributed by atoms with Crippen molar-refractivity contribution in [1.82, 2.24) is 9.55 Å². The summed E-state index contributed by atoms with van der Waals surface area (Å²) < 4.78 is 2.23. The topological polar surface area (TPSA) is 38.1 Å². The van der Waals surface area contributed by atoms with Crippen LogP contribution in [0.25, 0.3) is 0 Å². The SMILES string of the molecule is OCC1CCCc2nc(C3CCCCS3)cn21. The van der Waals surface area contributed by atoms with Crippen LogP contribution in [0.15, 0.2) is 6.20 Å². The Bertz CT molecular complexity index is 385. The first-order valence-corrected chi connectivity index (χ1v) is 7.73. The molecule has 3 heterocycles. The zero-order chi connectivity index (χ0) is 11.7. The Kier molecular flexibility index (Phi) is 3.43. The number of thioether (sulfide) groups is 1. The zero-order valence-electron chi connectivity index (χ0n) is 10.1. The Balaban J connectivity index is 1.84. The number of rotatable bonds is 2. The van der Waals surface area contributed by atoms with E-state index in [0.29, 0.717) is 5.25 Å². The highest BCUT2D eigenvalue weighted by molar-refractivity contribution is 7.99. The van der Waals surface area contributed by atoms with Crippen molar-refractivity contribution < 1.29 is 5.11 Å². The fourth-order valence-electron chi connectivity index (χ4n) is 2.90. The van der Waals surface area contributed by atoms with E-state index in [9.17, 15) is 5.11 Å².